The molecule has 0 fully saturated rings. The Labute approximate surface area is 224 Å². The lowest BCUT2D eigenvalue weighted by atomic mass is 9.81. The van der Waals surface area contributed by atoms with E-state index in [0.29, 0.717) is 37.8 Å². The molecule has 2 aliphatic heterocycles. The molecule has 0 radical (unpaired) electrons. The third-order valence-corrected chi connectivity index (χ3v) is 7.58. The summed E-state index contributed by atoms with van der Waals surface area (Å²) in [6.07, 6.45) is 3.14. The SMILES string of the molecule is CCC[C@H](C(N)=O)[C@@H](CC(C)C)C(=O)N[C@H]1CCc2cccc3c2N(C1=O)[C@H](C(=O)Nc1ccccc1)C3. The van der Waals surface area contributed by atoms with Gasteiger partial charge < -0.3 is 16.4 Å². The molecule has 0 spiro atoms. The van der Waals surface area contributed by atoms with Crippen LogP contribution >= 0.6 is 0 Å². The van der Waals surface area contributed by atoms with Crippen molar-refractivity contribution in [3.8, 4) is 0 Å². The Morgan fingerprint density at radius 2 is 1.74 bits per heavy atom. The van der Waals surface area contributed by atoms with Crippen molar-refractivity contribution in [1.29, 1.82) is 0 Å². The molecule has 2 aliphatic rings. The molecule has 202 valence electrons. The van der Waals surface area contributed by atoms with Gasteiger partial charge in [0.2, 0.25) is 23.6 Å². The molecule has 4 N–H and O–H groups in total. The highest BCUT2D eigenvalue weighted by atomic mass is 16.2. The summed E-state index contributed by atoms with van der Waals surface area (Å²) in [5.74, 6) is -2.43. The van der Waals surface area contributed by atoms with Crippen LogP contribution in [-0.2, 0) is 32.0 Å². The van der Waals surface area contributed by atoms with E-state index in [2.05, 4.69) is 10.6 Å². The van der Waals surface area contributed by atoms with E-state index in [0.717, 1.165) is 23.2 Å². The Hall–Kier alpha value is -3.68. The molecule has 38 heavy (non-hydrogen) atoms. The molecule has 2 aromatic carbocycles. The van der Waals surface area contributed by atoms with Crippen molar-refractivity contribution < 1.29 is 19.2 Å². The van der Waals surface area contributed by atoms with Crippen LogP contribution in [0.25, 0.3) is 0 Å². The Kier molecular flexibility index (Phi) is 8.49. The van der Waals surface area contributed by atoms with Gasteiger partial charge in [-0.05, 0) is 54.9 Å². The first kappa shape index (κ1) is 27.4. The van der Waals surface area contributed by atoms with Crippen molar-refractivity contribution in [1.82, 2.24) is 5.32 Å². The van der Waals surface area contributed by atoms with Crippen molar-refractivity contribution >= 4 is 35.0 Å². The van der Waals surface area contributed by atoms with Crippen LogP contribution in [0.2, 0.25) is 0 Å². The van der Waals surface area contributed by atoms with Gasteiger partial charge in [0, 0.05) is 23.9 Å². The number of amides is 4. The summed E-state index contributed by atoms with van der Waals surface area (Å²) in [7, 11) is 0. The van der Waals surface area contributed by atoms with Gasteiger partial charge in [-0.3, -0.25) is 24.1 Å². The van der Waals surface area contributed by atoms with Gasteiger partial charge in [0.15, 0.2) is 0 Å². The number of rotatable bonds is 10. The zero-order chi connectivity index (χ0) is 27.4. The van der Waals surface area contributed by atoms with Crippen molar-refractivity contribution in [3.63, 3.8) is 0 Å². The fraction of sp³-hybridized carbons (Fsp3) is 0.467. The molecule has 0 unspecified atom stereocenters. The van der Waals surface area contributed by atoms with Crippen LogP contribution in [0.5, 0.6) is 0 Å². The summed E-state index contributed by atoms with van der Waals surface area (Å²) in [4.78, 5) is 54.8. The van der Waals surface area contributed by atoms with Crippen LogP contribution in [0.4, 0.5) is 11.4 Å². The van der Waals surface area contributed by atoms with Gasteiger partial charge in [-0.25, -0.2) is 0 Å². The second-order valence-electron chi connectivity index (χ2n) is 10.8. The Balaban J connectivity index is 1.60. The highest BCUT2D eigenvalue weighted by Crippen LogP contribution is 2.39. The molecular weight excluding hydrogens is 480 g/mol. The summed E-state index contributed by atoms with van der Waals surface area (Å²) >= 11 is 0. The fourth-order valence-corrected chi connectivity index (χ4v) is 5.82. The number of hydrogen-bond acceptors (Lipinski definition) is 4. The summed E-state index contributed by atoms with van der Waals surface area (Å²) in [5.41, 5.74) is 9.08. The first-order valence-corrected chi connectivity index (χ1v) is 13.6. The minimum Gasteiger partial charge on any atom is -0.369 e. The van der Waals surface area contributed by atoms with E-state index < -0.39 is 29.8 Å². The van der Waals surface area contributed by atoms with E-state index in [-0.39, 0.29) is 23.6 Å². The molecule has 8 heteroatoms. The number of aryl methyl sites for hydroxylation is 1. The zero-order valence-corrected chi connectivity index (χ0v) is 22.4. The largest absolute Gasteiger partial charge is 0.369 e. The lowest BCUT2D eigenvalue weighted by Gasteiger charge is -2.30. The van der Waals surface area contributed by atoms with Gasteiger partial charge in [0.1, 0.15) is 12.1 Å². The minimum atomic E-state index is -0.808. The maximum atomic E-state index is 14.0. The number of carbonyl (C=O) groups is 4. The van der Waals surface area contributed by atoms with E-state index in [4.69, 9.17) is 5.73 Å². The second-order valence-corrected chi connectivity index (χ2v) is 10.8. The quantitative estimate of drug-likeness (QED) is 0.445. The molecule has 4 rings (SSSR count). The zero-order valence-electron chi connectivity index (χ0n) is 22.4. The second kappa shape index (κ2) is 11.8. The van der Waals surface area contributed by atoms with Crippen LogP contribution in [0.1, 0.15) is 57.6 Å². The predicted octanol–water partition coefficient (Wildman–Crippen LogP) is 3.58. The summed E-state index contributed by atoms with van der Waals surface area (Å²) in [6, 6.07) is 13.5. The highest BCUT2D eigenvalue weighted by molar-refractivity contribution is 6.10. The van der Waals surface area contributed by atoms with Gasteiger partial charge >= 0.3 is 0 Å². The summed E-state index contributed by atoms with van der Waals surface area (Å²) in [5, 5.41) is 5.90. The Morgan fingerprint density at radius 1 is 1.03 bits per heavy atom. The first-order chi connectivity index (χ1) is 18.2. The number of benzene rings is 2. The van der Waals surface area contributed by atoms with Crippen molar-refractivity contribution in [2.45, 2.75) is 71.4 Å². The summed E-state index contributed by atoms with van der Waals surface area (Å²) < 4.78 is 0. The van der Waals surface area contributed by atoms with E-state index in [1.54, 1.807) is 17.0 Å². The van der Waals surface area contributed by atoms with Crippen LogP contribution in [-0.4, -0.2) is 35.7 Å². The molecule has 0 saturated heterocycles. The van der Waals surface area contributed by atoms with Gasteiger partial charge in [0.05, 0.1) is 5.69 Å². The number of anilines is 2. The first-order valence-electron chi connectivity index (χ1n) is 13.6. The summed E-state index contributed by atoms with van der Waals surface area (Å²) in [6.45, 7) is 5.96. The number of hydrogen-bond donors (Lipinski definition) is 3. The van der Waals surface area contributed by atoms with E-state index in [1.807, 2.05) is 57.2 Å². The van der Waals surface area contributed by atoms with E-state index >= 15 is 0 Å². The number of carbonyl (C=O) groups excluding carboxylic acids is 4. The van der Waals surface area contributed by atoms with Gasteiger partial charge in [-0.2, -0.15) is 0 Å². The topological polar surface area (TPSA) is 122 Å². The standard InChI is InChI=1S/C30H38N4O4/c1-4-9-22(27(31)35)23(16-18(2)3)28(36)33-24-15-14-19-10-8-11-20-17-25(34(26(19)20)30(24)38)29(37)32-21-12-6-5-7-13-21/h5-8,10-13,18,22-25H,4,9,14-17H2,1-3H3,(H2,31,35)(H,32,37)(H,33,36)/t22-,23+,24-,25-/m0/s1. The number of nitrogens with one attached hydrogen (secondary N) is 2. The number of primary amides is 1. The maximum Gasteiger partial charge on any atom is 0.250 e. The monoisotopic (exact) mass is 518 g/mol. The average Bonchev–Trinajstić information content (AvgIpc) is 3.22. The molecule has 4 amide bonds. The molecular formula is C30H38N4O4. The molecule has 8 nitrogen and oxygen atoms in total. The lowest BCUT2D eigenvalue weighted by Crippen LogP contribution is -2.55. The van der Waals surface area contributed by atoms with Gasteiger partial charge in [-0.1, -0.05) is 63.6 Å². The third kappa shape index (κ3) is 5.74. The van der Waals surface area contributed by atoms with Crippen LogP contribution in [0.3, 0.4) is 0 Å². The molecule has 0 aliphatic carbocycles. The van der Waals surface area contributed by atoms with Gasteiger partial charge in [0.25, 0.3) is 0 Å². The molecule has 0 aromatic heterocycles. The van der Waals surface area contributed by atoms with E-state index in [9.17, 15) is 19.2 Å². The Morgan fingerprint density at radius 3 is 2.39 bits per heavy atom. The van der Waals surface area contributed by atoms with Crippen molar-refractivity contribution in [3.05, 3.63) is 59.7 Å². The lowest BCUT2D eigenvalue weighted by molar-refractivity contribution is -0.136. The average molecular weight is 519 g/mol. The normalized spacial score (nSPS) is 19.9. The van der Waals surface area contributed by atoms with Crippen molar-refractivity contribution in [2.24, 2.45) is 23.5 Å². The minimum absolute atomic E-state index is 0.172. The molecule has 4 atom stereocenters. The highest BCUT2D eigenvalue weighted by Gasteiger charge is 2.44. The third-order valence-electron chi connectivity index (χ3n) is 7.58. The molecule has 0 bridgehead atoms. The van der Waals surface area contributed by atoms with Crippen LogP contribution < -0.4 is 21.3 Å². The maximum absolute atomic E-state index is 14.0. The fourth-order valence-electron chi connectivity index (χ4n) is 5.82. The smallest absolute Gasteiger partial charge is 0.250 e. The predicted molar refractivity (Wildman–Crippen MR) is 147 cm³/mol. The molecule has 2 heterocycles. The number of nitrogens with zero attached hydrogens (tertiary/aromatic N) is 1. The van der Waals surface area contributed by atoms with Crippen LogP contribution in [0.15, 0.2) is 48.5 Å². The number of nitrogens with two attached hydrogens (primary N) is 1. The van der Waals surface area contributed by atoms with E-state index in [1.165, 1.54) is 0 Å². The van der Waals surface area contributed by atoms with Crippen LogP contribution in [0, 0.1) is 17.8 Å². The van der Waals surface area contributed by atoms with Crippen molar-refractivity contribution in [2.75, 3.05) is 10.2 Å². The molecule has 0 saturated carbocycles. The Bertz CT molecular complexity index is 1200. The van der Waals surface area contributed by atoms with Gasteiger partial charge in [-0.15, -0.1) is 0 Å². The molecule has 2 aromatic rings. The number of para-hydroxylation sites is 2.